The van der Waals surface area contributed by atoms with Crippen LogP contribution in [-0.4, -0.2) is 4.98 Å². The summed E-state index contributed by atoms with van der Waals surface area (Å²) in [6.07, 6.45) is 1.97. The molecule has 0 saturated heterocycles. The van der Waals surface area contributed by atoms with E-state index in [2.05, 4.69) is 59.6 Å². The number of aromatic nitrogens is 1. The number of anilines is 1. The van der Waals surface area contributed by atoms with Gasteiger partial charge in [0.1, 0.15) is 5.82 Å². The Kier molecular flexibility index (Phi) is 1.97. The lowest BCUT2D eigenvalue weighted by atomic mass is 9.61. The first kappa shape index (κ1) is 11.1. The topological polar surface area (TPSA) is 38.9 Å². The maximum atomic E-state index is 5.94. The maximum absolute atomic E-state index is 5.94. The Labute approximate surface area is 123 Å². The van der Waals surface area contributed by atoms with Gasteiger partial charge in [0.05, 0.1) is 0 Å². The van der Waals surface area contributed by atoms with E-state index in [1.807, 2.05) is 6.20 Å². The number of benzene rings is 2. The zero-order chi connectivity index (χ0) is 14.0. The van der Waals surface area contributed by atoms with Crippen LogP contribution in [0.3, 0.4) is 0 Å². The molecule has 0 atom stereocenters. The predicted octanol–water partition coefficient (Wildman–Crippen LogP) is 3.65. The lowest BCUT2D eigenvalue weighted by Gasteiger charge is -2.41. The van der Waals surface area contributed by atoms with Gasteiger partial charge in [-0.2, -0.15) is 0 Å². The molecule has 0 radical (unpaired) electrons. The van der Waals surface area contributed by atoms with Crippen molar-refractivity contribution in [2.75, 3.05) is 5.73 Å². The molecule has 6 rings (SSSR count). The van der Waals surface area contributed by atoms with Gasteiger partial charge in [0.25, 0.3) is 0 Å². The fourth-order valence-corrected chi connectivity index (χ4v) is 4.07. The predicted molar refractivity (Wildman–Crippen MR) is 83.4 cm³/mol. The minimum atomic E-state index is 0.294. The quantitative estimate of drug-likeness (QED) is 0.466. The molecule has 0 amide bonds. The second kappa shape index (κ2) is 3.73. The summed E-state index contributed by atoms with van der Waals surface area (Å²) in [5, 5.41) is 0. The van der Waals surface area contributed by atoms with E-state index in [1.54, 1.807) is 0 Å². The number of pyridine rings is 1. The molecule has 2 aromatic carbocycles. The van der Waals surface area contributed by atoms with E-state index in [4.69, 9.17) is 5.73 Å². The first-order valence-corrected chi connectivity index (χ1v) is 7.27. The Balaban J connectivity index is 1.92. The normalized spacial score (nSPS) is 20.6. The van der Waals surface area contributed by atoms with E-state index in [0.717, 1.165) is 0 Å². The van der Waals surface area contributed by atoms with Crippen LogP contribution < -0.4 is 5.73 Å². The van der Waals surface area contributed by atoms with Gasteiger partial charge in [-0.25, -0.2) is 4.98 Å². The van der Waals surface area contributed by atoms with Gasteiger partial charge in [0.2, 0.25) is 0 Å². The van der Waals surface area contributed by atoms with Crippen LogP contribution in [0.5, 0.6) is 0 Å². The van der Waals surface area contributed by atoms with Crippen LogP contribution in [0.4, 0.5) is 5.82 Å². The number of rotatable bonds is 0. The SMILES string of the molecule is Nc1cc2c(cn1)C1c3ccccc3C2c2ccccc21. The van der Waals surface area contributed by atoms with Gasteiger partial charge in [0.15, 0.2) is 0 Å². The summed E-state index contributed by atoms with van der Waals surface area (Å²) in [7, 11) is 0. The van der Waals surface area contributed by atoms with Crippen LogP contribution in [0.2, 0.25) is 0 Å². The van der Waals surface area contributed by atoms with Crippen molar-refractivity contribution < 1.29 is 0 Å². The Morgan fingerprint density at radius 1 is 0.667 bits per heavy atom. The molecule has 2 N–H and O–H groups in total. The van der Waals surface area contributed by atoms with Crippen LogP contribution in [0, 0.1) is 0 Å². The van der Waals surface area contributed by atoms with Crippen LogP contribution in [0.1, 0.15) is 45.2 Å². The van der Waals surface area contributed by atoms with Gasteiger partial charge in [-0.15, -0.1) is 0 Å². The maximum Gasteiger partial charge on any atom is 0.123 e. The van der Waals surface area contributed by atoms with Crippen LogP contribution >= 0.6 is 0 Å². The molecule has 0 saturated carbocycles. The highest BCUT2D eigenvalue weighted by Gasteiger charge is 2.41. The van der Waals surface area contributed by atoms with Crippen LogP contribution in [0.15, 0.2) is 60.8 Å². The van der Waals surface area contributed by atoms with E-state index in [1.165, 1.54) is 33.4 Å². The van der Waals surface area contributed by atoms with E-state index < -0.39 is 0 Å². The van der Waals surface area contributed by atoms with Crippen molar-refractivity contribution in [1.29, 1.82) is 0 Å². The molecule has 0 aliphatic heterocycles. The molecule has 0 spiro atoms. The fourth-order valence-electron chi connectivity index (χ4n) is 4.07. The van der Waals surface area contributed by atoms with Gasteiger partial charge < -0.3 is 5.73 Å². The summed E-state index contributed by atoms with van der Waals surface area (Å²) >= 11 is 0. The van der Waals surface area contributed by atoms with Crippen molar-refractivity contribution in [2.24, 2.45) is 0 Å². The summed E-state index contributed by atoms with van der Waals surface area (Å²) in [5.41, 5.74) is 14.2. The summed E-state index contributed by atoms with van der Waals surface area (Å²) in [6, 6.07) is 19.6. The minimum Gasteiger partial charge on any atom is -0.384 e. The molecule has 0 unspecified atom stereocenters. The molecule has 2 nitrogen and oxygen atoms in total. The van der Waals surface area contributed by atoms with Gasteiger partial charge in [-0.05, 0) is 39.4 Å². The largest absolute Gasteiger partial charge is 0.384 e. The van der Waals surface area contributed by atoms with E-state index in [0.29, 0.717) is 17.7 Å². The van der Waals surface area contributed by atoms with Crippen molar-refractivity contribution >= 4 is 5.82 Å². The molecule has 21 heavy (non-hydrogen) atoms. The third-order valence-corrected chi connectivity index (χ3v) is 4.85. The minimum absolute atomic E-state index is 0.294. The standard InChI is InChI=1S/C19H14N2/c20-17-9-15-16(10-21-17)19-13-7-3-1-5-11(13)18(15)12-6-2-4-8-14(12)19/h1-10,18-19H,(H2,20,21). The average Bonchev–Trinajstić information content (AvgIpc) is 2.54. The highest BCUT2D eigenvalue weighted by molar-refractivity contribution is 5.68. The van der Waals surface area contributed by atoms with Gasteiger partial charge in [-0.1, -0.05) is 48.5 Å². The van der Waals surface area contributed by atoms with Crippen molar-refractivity contribution in [2.45, 2.75) is 11.8 Å². The fraction of sp³-hybridized carbons (Fsp3) is 0.105. The Morgan fingerprint density at radius 3 is 1.67 bits per heavy atom. The summed E-state index contributed by atoms with van der Waals surface area (Å²) in [5.74, 6) is 1.20. The molecule has 3 aliphatic carbocycles. The second-order valence-corrected chi connectivity index (χ2v) is 5.86. The number of hydrogen-bond acceptors (Lipinski definition) is 2. The van der Waals surface area contributed by atoms with Crippen molar-refractivity contribution in [1.82, 2.24) is 4.98 Å². The first-order valence-electron chi connectivity index (χ1n) is 7.27. The lowest BCUT2D eigenvalue weighted by molar-refractivity contribution is 0.749. The van der Waals surface area contributed by atoms with Gasteiger partial charge >= 0.3 is 0 Å². The Bertz CT molecular complexity index is 835. The number of nitrogen functional groups attached to an aromatic ring is 1. The number of nitrogens with two attached hydrogens (primary N) is 1. The average molecular weight is 270 g/mol. The zero-order valence-electron chi connectivity index (χ0n) is 11.5. The molecule has 0 fully saturated rings. The van der Waals surface area contributed by atoms with E-state index in [9.17, 15) is 0 Å². The van der Waals surface area contributed by atoms with E-state index in [-0.39, 0.29) is 0 Å². The number of hydrogen-bond donors (Lipinski definition) is 1. The molecule has 2 bridgehead atoms. The molecule has 100 valence electrons. The zero-order valence-corrected chi connectivity index (χ0v) is 11.5. The monoisotopic (exact) mass is 270 g/mol. The molecule has 3 aromatic rings. The van der Waals surface area contributed by atoms with Crippen LogP contribution in [-0.2, 0) is 0 Å². The Hall–Kier alpha value is -2.61. The first-order chi connectivity index (χ1) is 10.3. The molecule has 1 aromatic heterocycles. The number of nitrogens with zero attached hydrogens (tertiary/aromatic N) is 1. The molecular formula is C19H14N2. The van der Waals surface area contributed by atoms with Gasteiger partial charge in [-0.3, -0.25) is 0 Å². The van der Waals surface area contributed by atoms with Gasteiger partial charge in [0, 0.05) is 18.0 Å². The summed E-state index contributed by atoms with van der Waals surface area (Å²) in [4.78, 5) is 4.33. The van der Waals surface area contributed by atoms with Crippen molar-refractivity contribution in [3.05, 3.63) is 94.2 Å². The third kappa shape index (κ3) is 1.30. The highest BCUT2D eigenvalue weighted by atomic mass is 14.8. The smallest absolute Gasteiger partial charge is 0.123 e. The van der Waals surface area contributed by atoms with Crippen molar-refractivity contribution in [3.8, 4) is 0 Å². The Morgan fingerprint density at radius 2 is 1.14 bits per heavy atom. The summed E-state index contributed by atoms with van der Waals surface area (Å²) < 4.78 is 0. The van der Waals surface area contributed by atoms with E-state index >= 15 is 0 Å². The third-order valence-electron chi connectivity index (χ3n) is 4.85. The molecular weight excluding hydrogens is 256 g/mol. The molecule has 3 aliphatic rings. The van der Waals surface area contributed by atoms with Crippen molar-refractivity contribution in [3.63, 3.8) is 0 Å². The lowest BCUT2D eigenvalue weighted by Crippen LogP contribution is -2.27. The van der Waals surface area contributed by atoms with Crippen LogP contribution in [0.25, 0.3) is 0 Å². The molecule has 1 heterocycles. The summed E-state index contributed by atoms with van der Waals surface area (Å²) in [6.45, 7) is 0. The highest BCUT2D eigenvalue weighted by Crippen LogP contribution is 2.55. The second-order valence-electron chi connectivity index (χ2n) is 5.86. The molecule has 2 heteroatoms.